The molecule has 4 unspecified atom stereocenters. The van der Waals surface area contributed by atoms with Crippen molar-refractivity contribution in [3.05, 3.63) is 0 Å². The number of rotatable bonds is 8. The van der Waals surface area contributed by atoms with E-state index in [1.807, 2.05) is 6.92 Å². The molecule has 3 nitrogen and oxygen atoms in total. The van der Waals surface area contributed by atoms with Crippen LogP contribution in [0.15, 0.2) is 0 Å². The fourth-order valence-electron chi connectivity index (χ4n) is 2.07. The Morgan fingerprint density at radius 3 is 2.27 bits per heavy atom. The van der Waals surface area contributed by atoms with Crippen LogP contribution in [0.5, 0.6) is 0 Å². The largest absolute Gasteiger partial charge is 0.393 e. The highest BCUT2D eigenvalue weighted by Crippen LogP contribution is 2.11. The number of hydrogen-bond donors (Lipinski definition) is 3. The van der Waals surface area contributed by atoms with E-state index in [4.69, 9.17) is 5.73 Å². The molecule has 0 fully saturated rings. The predicted molar refractivity (Wildman–Crippen MR) is 65.8 cm³/mol. The summed E-state index contributed by atoms with van der Waals surface area (Å²) in [5, 5.41) is 12.8. The van der Waals surface area contributed by atoms with Crippen LogP contribution in [-0.4, -0.2) is 29.8 Å². The predicted octanol–water partition coefficient (Wildman–Crippen LogP) is 1.50. The normalized spacial score (nSPS) is 19.6. The first kappa shape index (κ1) is 14.9. The lowest BCUT2D eigenvalue weighted by atomic mass is 9.96. The number of aliphatic hydroxyl groups is 1. The molecule has 4 N–H and O–H groups in total. The van der Waals surface area contributed by atoms with Gasteiger partial charge in [0.1, 0.15) is 0 Å². The summed E-state index contributed by atoms with van der Waals surface area (Å²) in [5.41, 5.74) is 5.76. The topological polar surface area (TPSA) is 58.3 Å². The summed E-state index contributed by atoms with van der Waals surface area (Å²) in [6, 6.07) is 0.705. The van der Waals surface area contributed by atoms with Gasteiger partial charge in [0, 0.05) is 18.6 Å². The molecule has 0 aliphatic rings. The second-order valence-electron chi connectivity index (χ2n) is 4.76. The highest BCUT2D eigenvalue weighted by atomic mass is 16.3. The second-order valence-corrected chi connectivity index (χ2v) is 4.76. The summed E-state index contributed by atoms with van der Waals surface area (Å²) in [6.45, 7) is 9.04. The van der Waals surface area contributed by atoms with Crippen molar-refractivity contribution in [2.24, 2.45) is 11.7 Å². The average Bonchev–Trinajstić information content (AvgIpc) is 2.13. The Morgan fingerprint density at radius 2 is 1.87 bits per heavy atom. The van der Waals surface area contributed by atoms with Gasteiger partial charge in [-0.2, -0.15) is 0 Å². The van der Waals surface area contributed by atoms with Crippen LogP contribution in [-0.2, 0) is 0 Å². The van der Waals surface area contributed by atoms with E-state index < -0.39 is 0 Å². The summed E-state index contributed by atoms with van der Waals surface area (Å²) < 4.78 is 0. The molecule has 0 aromatic rings. The minimum atomic E-state index is -0.243. The van der Waals surface area contributed by atoms with E-state index in [1.54, 1.807) is 0 Å². The molecule has 0 aromatic carbocycles. The van der Waals surface area contributed by atoms with Crippen molar-refractivity contribution in [1.29, 1.82) is 0 Å². The standard InChI is InChI=1S/C12H28N2O/c1-5-6-9(2)12(8-13)14-10(3)7-11(4)15/h9-12,14-15H,5-8,13H2,1-4H3. The molecule has 0 radical (unpaired) electrons. The number of nitrogens with one attached hydrogen (secondary N) is 1. The molecular formula is C12H28N2O. The zero-order valence-electron chi connectivity index (χ0n) is 10.7. The molecule has 3 heteroatoms. The van der Waals surface area contributed by atoms with Gasteiger partial charge in [-0.15, -0.1) is 0 Å². The van der Waals surface area contributed by atoms with Crippen molar-refractivity contribution in [2.45, 2.75) is 65.1 Å². The van der Waals surface area contributed by atoms with Crippen molar-refractivity contribution >= 4 is 0 Å². The fraction of sp³-hybridized carbons (Fsp3) is 1.00. The quantitative estimate of drug-likeness (QED) is 0.576. The summed E-state index contributed by atoms with van der Waals surface area (Å²) in [5.74, 6) is 0.608. The van der Waals surface area contributed by atoms with E-state index in [0.29, 0.717) is 24.5 Å². The van der Waals surface area contributed by atoms with Crippen LogP contribution in [0.1, 0.15) is 47.0 Å². The molecule has 0 aliphatic heterocycles. The zero-order valence-corrected chi connectivity index (χ0v) is 10.7. The molecule has 0 rings (SSSR count). The minimum absolute atomic E-state index is 0.243. The van der Waals surface area contributed by atoms with Crippen LogP contribution in [0.2, 0.25) is 0 Å². The summed E-state index contributed by atoms with van der Waals surface area (Å²) in [4.78, 5) is 0. The van der Waals surface area contributed by atoms with Gasteiger partial charge in [0.2, 0.25) is 0 Å². The molecule has 0 amide bonds. The Hall–Kier alpha value is -0.120. The van der Waals surface area contributed by atoms with E-state index >= 15 is 0 Å². The third-order valence-electron chi connectivity index (χ3n) is 2.88. The molecule has 15 heavy (non-hydrogen) atoms. The van der Waals surface area contributed by atoms with Crippen molar-refractivity contribution in [3.8, 4) is 0 Å². The van der Waals surface area contributed by atoms with Gasteiger partial charge in [0.25, 0.3) is 0 Å². The van der Waals surface area contributed by atoms with E-state index in [9.17, 15) is 5.11 Å². The third-order valence-corrected chi connectivity index (χ3v) is 2.88. The van der Waals surface area contributed by atoms with Crippen LogP contribution < -0.4 is 11.1 Å². The monoisotopic (exact) mass is 216 g/mol. The van der Waals surface area contributed by atoms with Gasteiger partial charge in [0.15, 0.2) is 0 Å². The van der Waals surface area contributed by atoms with Gasteiger partial charge < -0.3 is 16.2 Å². The van der Waals surface area contributed by atoms with Gasteiger partial charge in [0.05, 0.1) is 6.10 Å². The Balaban J connectivity index is 3.96. The number of aliphatic hydroxyl groups excluding tert-OH is 1. The van der Waals surface area contributed by atoms with Crippen molar-refractivity contribution in [1.82, 2.24) is 5.32 Å². The second kappa shape index (κ2) is 8.08. The van der Waals surface area contributed by atoms with Crippen LogP contribution in [0.25, 0.3) is 0 Å². The number of hydrogen-bond acceptors (Lipinski definition) is 3. The molecule has 0 spiro atoms. The smallest absolute Gasteiger partial charge is 0.0526 e. The van der Waals surface area contributed by atoms with Crippen molar-refractivity contribution in [2.75, 3.05) is 6.54 Å². The maximum Gasteiger partial charge on any atom is 0.0526 e. The lowest BCUT2D eigenvalue weighted by Crippen LogP contribution is -2.46. The number of nitrogens with two attached hydrogens (primary N) is 1. The molecular weight excluding hydrogens is 188 g/mol. The Morgan fingerprint density at radius 1 is 1.27 bits per heavy atom. The summed E-state index contributed by atoms with van der Waals surface area (Å²) in [6.07, 6.45) is 2.95. The summed E-state index contributed by atoms with van der Waals surface area (Å²) >= 11 is 0. The highest BCUT2D eigenvalue weighted by Gasteiger charge is 2.17. The molecule has 0 saturated carbocycles. The average molecular weight is 216 g/mol. The minimum Gasteiger partial charge on any atom is -0.393 e. The van der Waals surface area contributed by atoms with E-state index in [1.165, 1.54) is 12.8 Å². The molecule has 4 atom stereocenters. The van der Waals surface area contributed by atoms with Gasteiger partial charge in [-0.3, -0.25) is 0 Å². The molecule has 0 bridgehead atoms. The Kier molecular flexibility index (Phi) is 8.02. The van der Waals surface area contributed by atoms with Crippen molar-refractivity contribution in [3.63, 3.8) is 0 Å². The van der Waals surface area contributed by atoms with Gasteiger partial charge in [-0.05, 0) is 32.6 Å². The van der Waals surface area contributed by atoms with E-state index in [2.05, 4.69) is 26.1 Å². The maximum absolute atomic E-state index is 9.28. The van der Waals surface area contributed by atoms with Crippen LogP contribution in [0.4, 0.5) is 0 Å². The van der Waals surface area contributed by atoms with Gasteiger partial charge in [-0.25, -0.2) is 0 Å². The third kappa shape index (κ3) is 6.88. The maximum atomic E-state index is 9.28. The van der Waals surface area contributed by atoms with Crippen LogP contribution in [0.3, 0.4) is 0 Å². The first-order valence-electron chi connectivity index (χ1n) is 6.15. The molecule has 0 aromatic heterocycles. The van der Waals surface area contributed by atoms with E-state index in [0.717, 1.165) is 6.42 Å². The SMILES string of the molecule is CCCC(C)C(CN)NC(C)CC(C)O. The zero-order chi connectivity index (χ0) is 11.8. The first-order chi connectivity index (χ1) is 7.01. The molecule has 0 saturated heterocycles. The first-order valence-corrected chi connectivity index (χ1v) is 6.15. The molecule has 0 heterocycles. The lowest BCUT2D eigenvalue weighted by Gasteiger charge is -2.27. The Labute approximate surface area is 94.4 Å². The van der Waals surface area contributed by atoms with E-state index in [-0.39, 0.29) is 6.10 Å². The Bertz CT molecular complexity index is 151. The summed E-state index contributed by atoms with van der Waals surface area (Å²) in [7, 11) is 0. The highest BCUT2D eigenvalue weighted by molar-refractivity contribution is 4.78. The van der Waals surface area contributed by atoms with Crippen LogP contribution >= 0.6 is 0 Å². The lowest BCUT2D eigenvalue weighted by molar-refractivity contribution is 0.164. The van der Waals surface area contributed by atoms with Crippen molar-refractivity contribution < 1.29 is 5.11 Å². The van der Waals surface area contributed by atoms with Gasteiger partial charge in [-0.1, -0.05) is 20.3 Å². The van der Waals surface area contributed by atoms with Crippen LogP contribution in [0, 0.1) is 5.92 Å². The molecule has 0 aliphatic carbocycles. The fourth-order valence-corrected chi connectivity index (χ4v) is 2.07. The molecule has 92 valence electrons. The van der Waals surface area contributed by atoms with Gasteiger partial charge >= 0.3 is 0 Å².